The summed E-state index contributed by atoms with van der Waals surface area (Å²) in [7, 11) is 0. The van der Waals surface area contributed by atoms with Gasteiger partial charge in [0.25, 0.3) is 0 Å². The molecule has 0 bridgehead atoms. The Morgan fingerprint density at radius 1 is 1.67 bits per heavy atom. The molecule has 0 aromatic rings. The number of nitrogens with zero attached hydrogens (tertiary/aromatic N) is 1. The third-order valence-electron chi connectivity index (χ3n) is 1.25. The van der Waals surface area contributed by atoms with E-state index in [2.05, 4.69) is 16.9 Å². The maximum absolute atomic E-state index is 8.20. The second-order valence-corrected chi connectivity index (χ2v) is 1.95. The Balaban J connectivity index is 2.14. The molecule has 0 spiro atoms. The van der Waals surface area contributed by atoms with E-state index in [4.69, 9.17) is 5.26 Å². The number of rotatable bonds is 2. The van der Waals surface area contributed by atoms with Crippen LogP contribution in [0.15, 0.2) is 12.3 Å². The fraction of sp³-hybridized carbons (Fsp3) is 0.500. The van der Waals surface area contributed by atoms with Crippen molar-refractivity contribution in [3.8, 4) is 6.07 Å². The minimum Gasteiger partial charge on any atom is -0.328 e. The summed E-state index contributed by atoms with van der Waals surface area (Å²) < 4.78 is 0. The first-order chi connectivity index (χ1) is 4.43. The van der Waals surface area contributed by atoms with E-state index in [0.717, 1.165) is 6.42 Å². The van der Waals surface area contributed by atoms with E-state index in [1.807, 2.05) is 12.3 Å². The van der Waals surface area contributed by atoms with Crippen molar-refractivity contribution < 1.29 is 0 Å². The largest absolute Gasteiger partial charge is 0.328 e. The van der Waals surface area contributed by atoms with Crippen molar-refractivity contribution in [3.63, 3.8) is 0 Å². The van der Waals surface area contributed by atoms with Crippen LogP contribution in [0.1, 0.15) is 12.8 Å². The molecule has 1 aliphatic heterocycles. The van der Waals surface area contributed by atoms with Crippen LogP contribution >= 0.6 is 0 Å². The summed E-state index contributed by atoms with van der Waals surface area (Å²) in [5, 5.41) is 8.20. The molecule has 3 heteroatoms. The van der Waals surface area contributed by atoms with E-state index in [9.17, 15) is 0 Å². The standard InChI is InChI=1S/C6H9N3/c7-4-1-2-6-3-5-8-9-6/h3,5-6,8-9H,1-2H2. The van der Waals surface area contributed by atoms with Gasteiger partial charge >= 0.3 is 0 Å². The molecule has 0 aliphatic carbocycles. The van der Waals surface area contributed by atoms with Gasteiger partial charge in [-0.2, -0.15) is 5.26 Å². The molecule has 9 heavy (non-hydrogen) atoms. The van der Waals surface area contributed by atoms with Crippen LogP contribution in [0, 0.1) is 11.3 Å². The number of nitriles is 1. The highest BCUT2D eigenvalue weighted by molar-refractivity contribution is 4.97. The fourth-order valence-corrected chi connectivity index (χ4v) is 0.756. The minimum absolute atomic E-state index is 0.352. The highest BCUT2D eigenvalue weighted by atomic mass is 15.4. The lowest BCUT2D eigenvalue weighted by Gasteiger charge is -2.03. The molecule has 0 fully saturated rings. The maximum Gasteiger partial charge on any atom is 0.0622 e. The van der Waals surface area contributed by atoms with Crippen molar-refractivity contribution in [3.05, 3.63) is 12.3 Å². The van der Waals surface area contributed by atoms with Gasteiger partial charge in [-0.1, -0.05) is 0 Å². The lowest BCUT2D eigenvalue weighted by Crippen LogP contribution is -2.29. The van der Waals surface area contributed by atoms with Crippen LogP contribution in [0.2, 0.25) is 0 Å². The SMILES string of the molecule is N#CCCC1C=CNN1. The van der Waals surface area contributed by atoms with Gasteiger partial charge in [0.2, 0.25) is 0 Å². The molecule has 0 radical (unpaired) electrons. The van der Waals surface area contributed by atoms with Crippen LogP contribution in [0.25, 0.3) is 0 Å². The van der Waals surface area contributed by atoms with E-state index in [-0.39, 0.29) is 0 Å². The predicted octanol–water partition coefficient (Wildman–Crippen LogP) is 0.280. The monoisotopic (exact) mass is 123 g/mol. The lowest BCUT2D eigenvalue weighted by atomic mass is 10.2. The topological polar surface area (TPSA) is 47.9 Å². The van der Waals surface area contributed by atoms with Crippen molar-refractivity contribution in [1.82, 2.24) is 10.9 Å². The zero-order valence-corrected chi connectivity index (χ0v) is 5.09. The summed E-state index contributed by atoms with van der Waals surface area (Å²) in [4.78, 5) is 0. The van der Waals surface area contributed by atoms with Gasteiger partial charge in [0, 0.05) is 18.7 Å². The maximum atomic E-state index is 8.20. The molecule has 0 amide bonds. The molecule has 1 unspecified atom stereocenters. The van der Waals surface area contributed by atoms with Crippen molar-refractivity contribution in [2.75, 3.05) is 0 Å². The Labute approximate surface area is 54.3 Å². The van der Waals surface area contributed by atoms with Gasteiger partial charge in [-0.3, -0.25) is 0 Å². The van der Waals surface area contributed by atoms with Gasteiger partial charge in [0.1, 0.15) is 0 Å². The smallest absolute Gasteiger partial charge is 0.0622 e. The third kappa shape index (κ3) is 1.74. The summed E-state index contributed by atoms with van der Waals surface area (Å²) in [6, 6.07) is 2.44. The Kier molecular flexibility index (Phi) is 2.11. The second kappa shape index (κ2) is 3.10. The van der Waals surface area contributed by atoms with Crippen molar-refractivity contribution >= 4 is 0 Å². The van der Waals surface area contributed by atoms with Gasteiger partial charge in [0.15, 0.2) is 0 Å². The average Bonchev–Trinajstić information content (AvgIpc) is 2.34. The molecule has 1 aliphatic rings. The third-order valence-corrected chi connectivity index (χ3v) is 1.25. The molecule has 2 N–H and O–H groups in total. The van der Waals surface area contributed by atoms with Crippen molar-refractivity contribution in [1.29, 1.82) is 5.26 Å². The highest BCUT2D eigenvalue weighted by Gasteiger charge is 2.05. The van der Waals surface area contributed by atoms with Crippen molar-refractivity contribution in [2.45, 2.75) is 18.9 Å². The summed E-state index contributed by atoms with van der Waals surface area (Å²) in [5.41, 5.74) is 5.82. The molecule has 0 aromatic heterocycles. The van der Waals surface area contributed by atoms with Crippen molar-refractivity contribution in [2.24, 2.45) is 0 Å². The highest BCUT2D eigenvalue weighted by Crippen LogP contribution is 1.99. The van der Waals surface area contributed by atoms with E-state index in [1.54, 1.807) is 0 Å². The number of hydrogen-bond donors (Lipinski definition) is 2. The lowest BCUT2D eigenvalue weighted by molar-refractivity contribution is 0.557. The second-order valence-electron chi connectivity index (χ2n) is 1.95. The number of hydrogen-bond acceptors (Lipinski definition) is 3. The van der Waals surface area contributed by atoms with Crippen LogP contribution < -0.4 is 10.9 Å². The Bertz CT molecular complexity index is 145. The van der Waals surface area contributed by atoms with Crippen LogP contribution in [-0.2, 0) is 0 Å². The van der Waals surface area contributed by atoms with E-state index >= 15 is 0 Å². The summed E-state index contributed by atoms with van der Waals surface area (Å²) in [6.45, 7) is 0. The molecule has 0 saturated carbocycles. The Morgan fingerprint density at radius 2 is 2.56 bits per heavy atom. The molecular weight excluding hydrogens is 114 g/mol. The first-order valence-electron chi connectivity index (χ1n) is 2.98. The van der Waals surface area contributed by atoms with Gasteiger partial charge in [-0.05, 0) is 12.5 Å². The summed E-state index contributed by atoms with van der Waals surface area (Å²) >= 11 is 0. The normalized spacial score (nSPS) is 23.2. The van der Waals surface area contributed by atoms with Crippen LogP contribution in [-0.4, -0.2) is 6.04 Å². The van der Waals surface area contributed by atoms with E-state index in [1.165, 1.54) is 0 Å². The van der Waals surface area contributed by atoms with Crippen LogP contribution in [0.4, 0.5) is 0 Å². The number of hydrazine groups is 1. The molecule has 1 rings (SSSR count). The van der Waals surface area contributed by atoms with Gasteiger partial charge in [-0.15, -0.1) is 0 Å². The zero-order chi connectivity index (χ0) is 6.53. The summed E-state index contributed by atoms with van der Waals surface area (Å²) in [6.07, 6.45) is 5.36. The zero-order valence-electron chi connectivity index (χ0n) is 5.09. The quantitative estimate of drug-likeness (QED) is 0.554. The van der Waals surface area contributed by atoms with Crippen LogP contribution in [0.5, 0.6) is 0 Å². The fourth-order valence-electron chi connectivity index (χ4n) is 0.756. The van der Waals surface area contributed by atoms with E-state index in [0.29, 0.717) is 12.5 Å². The minimum atomic E-state index is 0.352. The van der Waals surface area contributed by atoms with Crippen LogP contribution in [0.3, 0.4) is 0 Å². The van der Waals surface area contributed by atoms with Gasteiger partial charge in [0.05, 0.1) is 6.07 Å². The first-order valence-corrected chi connectivity index (χ1v) is 2.98. The molecule has 1 heterocycles. The molecule has 0 saturated heterocycles. The average molecular weight is 123 g/mol. The van der Waals surface area contributed by atoms with Gasteiger partial charge < -0.3 is 5.43 Å². The molecular formula is C6H9N3. The summed E-state index contributed by atoms with van der Waals surface area (Å²) in [5.74, 6) is 0. The molecule has 1 atom stereocenters. The molecule has 48 valence electrons. The predicted molar refractivity (Wildman–Crippen MR) is 34.0 cm³/mol. The Morgan fingerprint density at radius 3 is 3.11 bits per heavy atom. The molecule has 3 nitrogen and oxygen atoms in total. The van der Waals surface area contributed by atoms with E-state index < -0.39 is 0 Å². The van der Waals surface area contributed by atoms with Gasteiger partial charge in [-0.25, -0.2) is 5.43 Å². The molecule has 0 aromatic carbocycles. The first kappa shape index (κ1) is 6.12. The Hall–Kier alpha value is -1.01. The number of nitrogens with one attached hydrogen (secondary N) is 2.